The predicted octanol–water partition coefficient (Wildman–Crippen LogP) is 1.70. The second kappa shape index (κ2) is 5.82. The number of hydrogen-bond donors (Lipinski definition) is 0. The highest BCUT2D eigenvalue weighted by molar-refractivity contribution is 7.90. The van der Waals surface area contributed by atoms with E-state index in [4.69, 9.17) is 4.74 Å². The maximum Gasteiger partial charge on any atom is 0.164 e. The summed E-state index contributed by atoms with van der Waals surface area (Å²) in [4.78, 5) is 11.7. The molecule has 0 aliphatic rings. The van der Waals surface area contributed by atoms with Gasteiger partial charge in [0, 0.05) is 18.2 Å². The van der Waals surface area contributed by atoms with Crippen LogP contribution in [0, 0.1) is 0 Å². The Morgan fingerprint density at radius 2 is 2.06 bits per heavy atom. The summed E-state index contributed by atoms with van der Waals surface area (Å²) < 4.78 is 27.2. The minimum Gasteiger partial charge on any atom is -0.494 e. The first-order valence-corrected chi connectivity index (χ1v) is 7.42. The Bertz CT molecular complexity index is 491. The molecule has 5 heteroatoms. The molecule has 0 aliphatic carbocycles. The van der Waals surface area contributed by atoms with Crippen LogP contribution in [0.25, 0.3) is 0 Å². The van der Waals surface area contributed by atoms with Gasteiger partial charge in [0.2, 0.25) is 0 Å². The number of carbonyl (C=O) groups excluding carboxylic acids is 1. The first-order chi connectivity index (χ1) is 7.92. The van der Waals surface area contributed by atoms with Crippen molar-refractivity contribution in [1.29, 1.82) is 0 Å². The van der Waals surface area contributed by atoms with Gasteiger partial charge in [0.1, 0.15) is 15.6 Å². The van der Waals surface area contributed by atoms with Crippen molar-refractivity contribution >= 4 is 15.6 Å². The Morgan fingerprint density at radius 3 is 2.65 bits per heavy atom. The van der Waals surface area contributed by atoms with Crippen molar-refractivity contribution < 1.29 is 17.9 Å². The fraction of sp³-hybridized carbons (Fsp3) is 0.417. The van der Waals surface area contributed by atoms with E-state index in [1.165, 1.54) is 0 Å². The van der Waals surface area contributed by atoms with Gasteiger partial charge in [-0.3, -0.25) is 4.79 Å². The first kappa shape index (κ1) is 13.7. The van der Waals surface area contributed by atoms with Crippen LogP contribution in [0.15, 0.2) is 24.3 Å². The van der Waals surface area contributed by atoms with Crippen LogP contribution in [0.4, 0.5) is 0 Å². The minimum atomic E-state index is -3.10. The molecule has 94 valence electrons. The van der Waals surface area contributed by atoms with E-state index >= 15 is 0 Å². The van der Waals surface area contributed by atoms with E-state index in [0.717, 1.165) is 6.26 Å². The monoisotopic (exact) mass is 256 g/mol. The molecular formula is C12H16O4S. The molecule has 0 spiro atoms. The third-order valence-corrected chi connectivity index (χ3v) is 3.11. The molecule has 1 aromatic rings. The van der Waals surface area contributed by atoms with E-state index in [-0.39, 0.29) is 18.0 Å². The smallest absolute Gasteiger partial charge is 0.164 e. The third-order valence-electron chi connectivity index (χ3n) is 2.17. The predicted molar refractivity (Wildman–Crippen MR) is 66.3 cm³/mol. The summed E-state index contributed by atoms with van der Waals surface area (Å²) in [5, 5.41) is 0. The van der Waals surface area contributed by atoms with Crippen LogP contribution in [0.5, 0.6) is 5.75 Å². The minimum absolute atomic E-state index is 0.00834. The van der Waals surface area contributed by atoms with Gasteiger partial charge in [-0.25, -0.2) is 8.42 Å². The number of ketones is 1. The Balaban J connectivity index is 2.72. The normalized spacial score (nSPS) is 11.2. The lowest BCUT2D eigenvalue weighted by Gasteiger charge is -2.05. The Kier molecular flexibility index (Phi) is 4.69. The second-order valence-electron chi connectivity index (χ2n) is 3.76. The maximum atomic E-state index is 11.7. The molecule has 0 bridgehead atoms. The van der Waals surface area contributed by atoms with Crippen molar-refractivity contribution in [3.05, 3.63) is 29.8 Å². The van der Waals surface area contributed by atoms with Crippen LogP contribution >= 0.6 is 0 Å². The summed E-state index contributed by atoms with van der Waals surface area (Å²) >= 11 is 0. The zero-order valence-electron chi connectivity index (χ0n) is 9.97. The van der Waals surface area contributed by atoms with Crippen molar-refractivity contribution in [2.45, 2.75) is 13.3 Å². The van der Waals surface area contributed by atoms with Gasteiger partial charge in [0.05, 0.1) is 12.4 Å². The van der Waals surface area contributed by atoms with Crippen LogP contribution in [0.2, 0.25) is 0 Å². The van der Waals surface area contributed by atoms with Crippen molar-refractivity contribution in [3.63, 3.8) is 0 Å². The van der Waals surface area contributed by atoms with E-state index in [9.17, 15) is 13.2 Å². The summed E-state index contributed by atoms with van der Waals surface area (Å²) in [6.07, 6.45) is 1.13. The van der Waals surface area contributed by atoms with Gasteiger partial charge in [-0.1, -0.05) is 12.1 Å². The molecule has 1 aromatic carbocycles. The van der Waals surface area contributed by atoms with Crippen LogP contribution in [0.3, 0.4) is 0 Å². The summed E-state index contributed by atoms with van der Waals surface area (Å²) in [6, 6.07) is 6.77. The lowest BCUT2D eigenvalue weighted by molar-refractivity contribution is 0.0988. The van der Waals surface area contributed by atoms with Gasteiger partial charge in [-0.15, -0.1) is 0 Å². The van der Waals surface area contributed by atoms with E-state index < -0.39 is 9.84 Å². The summed E-state index contributed by atoms with van der Waals surface area (Å²) in [5.41, 5.74) is 0.486. The molecule has 17 heavy (non-hydrogen) atoms. The second-order valence-corrected chi connectivity index (χ2v) is 6.02. The molecule has 0 fully saturated rings. The first-order valence-electron chi connectivity index (χ1n) is 5.36. The SMILES string of the molecule is CCOc1cccc(C(=O)CCS(C)(=O)=O)c1. The molecule has 0 unspecified atom stereocenters. The molecule has 0 radical (unpaired) electrons. The Labute approximate surface area is 102 Å². The largest absolute Gasteiger partial charge is 0.494 e. The van der Waals surface area contributed by atoms with Gasteiger partial charge in [0.15, 0.2) is 5.78 Å². The fourth-order valence-electron chi connectivity index (χ4n) is 1.35. The van der Waals surface area contributed by atoms with Gasteiger partial charge in [-0.05, 0) is 19.1 Å². The zero-order valence-corrected chi connectivity index (χ0v) is 10.8. The van der Waals surface area contributed by atoms with Crippen molar-refractivity contribution in [2.75, 3.05) is 18.6 Å². The van der Waals surface area contributed by atoms with Gasteiger partial charge in [0.25, 0.3) is 0 Å². The number of sulfone groups is 1. The van der Waals surface area contributed by atoms with E-state index in [0.29, 0.717) is 17.9 Å². The van der Waals surface area contributed by atoms with Gasteiger partial charge >= 0.3 is 0 Å². The number of Topliss-reactive ketones (excluding diaryl/α,β-unsaturated/α-hetero) is 1. The molecule has 0 heterocycles. The molecule has 0 atom stereocenters. The van der Waals surface area contributed by atoms with E-state index in [1.807, 2.05) is 6.92 Å². The summed E-state index contributed by atoms with van der Waals surface area (Å²) in [5.74, 6) is 0.319. The number of hydrogen-bond acceptors (Lipinski definition) is 4. The molecule has 0 aromatic heterocycles. The highest BCUT2D eigenvalue weighted by Gasteiger charge is 2.10. The molecular weight excluding hydrogens is 240 g/mol. The number of ether oxygens (including phenoxy) is 1. The maximum absolute atomic E-state index is 11.7. The fourth-order valence-corrected chi connectivity index (χ4v) is 1.90. The summed E-state index contributed by atoms with van der Waals surface area (Å²) in [7, 11) is -3.10. The molecule has 0 aliphatic heterocycles. The van der Waals surface area contributed by atoms with E-state index in [1.54, 1.807) is 24.3 Å². The quantitative estimate of drug-likeness (QED) is 0.727. The van der Waals surface area contributed by atoms with E-state index in [2.05, 4.69) is 0 Å². The lowest BCUT2D eigenvalue weighted by Crippen LogP contribution is -2.09. The van der Waals surface area contributed by atoms with Crippen molar-refractivity contribution in [1.82, 2.24) is 0 Å². The zero-order chi connectivity index (χ0) is 12.9. The van der Waals surface area contributed by atoms with Crippen LogP contribution in [-0.2, 0) is 9.84 Å². The third kappa shape index (κ3) is 4.99. The van der Waals surface area contributed by atoms with Crippen LogP contribution in [-0.4, -0.2) is 32.8 Å². The topological polar surface area (TPSA) is 60.4 Å². The number of rotatable bonds is 6. The van der Waals surface area contributed by atoms with Crippen molar-refractivity contribution in [3.8, 4) is 5.75 Å². The van der Waals surface area contributed by atoms with Crippen molar-refractivity contribution in [2.24, 2.45) is 0 Å². The average Bonchev–Trinajstić information content (AvgIpc) is 2.26. The number of carbonyl (C=O) groups is 1. The molecule has 0 N–H and O–H groups in total. The average molecular weight is 256 g/mol. The highest BCUT2D eigenvalue weighted by atomic mass is 32.2. The Hall–Kier alpha value is -1.36. The Morgan fingerprint density at radius 1 is 1.35 bits per heavy atom. The lowest BCUT2D eigenvalue weighted by atomic mass is 10.1. The van der Waals surface area contributed by atoms with Gasteiger partial charge in [-0.2, -0.15) is 0 Å². The number of benzene rings is 1. The summed E-state index contributed by atoms with van der Waals surface area (Å²) in [6.45, 7) is 2.39. The molecule has 1 rings (SSSR count). The molecule has 0 amide bonds. The molecule has 4 nitrogen and oxygen atoms in total. The van der Waals surface area contributed by atoms with Gasteiger partial charge < -0.3 is 4.74 Å². The highest BCUT2D eigenvalue weighted by Crippen LogP contribution is 2.14. The van der Waals surface area contributed by atoms with Crippen LogP contribution in [0.1, 0.15) is 23.7 Å². The van der Waals surface area contributed by atoms with Crippen LogP contribution < -0.4 is 4.74 Å². The molecule has 0 saturated heterocycles. The standard InChI is InChI=1S/C12H16O4S/c1-3-16-11-6-4-5-10(9-11)12(13)7-8-17(2,14)15/h4-6,9H,3,7-8H2,1-2H3. The molecule has 0 saturated carbocycles.